The average molecular weight is 285 g/mol. The zero-order chi connectivity index (χ0) is 11.4. The predicted molar refractivity (Wildman–Crippen MR) is 67.7 cm³/mol. The molecule has 1 saturated heterocycles. The van der Waals surface area contributed by atoms with Crippen molar-refractivity contribution < 1.29 is 9.47 Å². The summed E-state index contributed by atoms with van der Waals surface area (Å²) in [7, 11) is 0. The molecular formula is C13H17BrO2. The van der Waals surface area contributed by atoms with Crippen molar-refractivity contribution in [2.75, 3.05) is 6.61 Å². The summed E-state index contributed by atoms with van der Waals surface area (Å²) < 4.78 is 12.5. The third-order valence-corrected chi connectivity index (χ3v) is 3.58. The molecule has 3 heteroatoms. The third-order valence-electron chi connectivity index (χ3n) is 2.80. The largest absolute Gasteiger partial charge is 0.465 e. The maximum Gasteiger partial charge on any atom is 0.199 e. The number of hydrogen-bond acceptors (Lipinski definition) is 2. The average Bonchev–Trinajstić information content (AvgIpc) is 2.33. The summed E-state index contributed by atoms with van der Waals surface area (Å²) in [5, 5.41) is 0. The molecule has 1 aliphatic heterocycles. The van der Waals surface area contributed by atoms with Gasteiger partial charge < -0.3 is 9.47 Å². The maximum absolute atomic E-state index is 5.81. The van der Waals surface area contributed by atoms with Crippen molar-refractivity contribution in [1.29, 1.82) is 0 Å². The van der Waals surface area contributed by atoms with Gasteiger partial charge in [0.2, 0.25) is 0 Å². The van der Waals surface area contributed by atoms with Gasteiger partial charge in [0.15, 0.2) is 6.29 Å². The van der Waals surface area contributed by atoms with Gasteiger partial charge in [0.1, 0.15) is 5.75 Å². The predicted octanol–water partition coefficient (Wildman–Crippen LogP) is 3.92. The molecule has 88 valence electrons. The number of rotatable bonds is 3. The zero-order valence-corrected chi connectivity index (χ0v) is 11.1. The Kier molecular flexibility index (Phi) is 4.24. The molecule has 0 N–H and O–H groups in total. The van der Waals surface area contributed by atoms with Crippen LogP contribution in [0.25, 0.3) is 0 Å². The lowest BCUT2D eigenvalue weighted by atomic mass is 10.1. The Bertz CT molecular complexity index is 346. The second kappa shape index (κ2) is 5.69. The van der Waals surface area contributed by atoms with Gasteiger partial charge in [-0.05, 0) is 43.0 Å². The number of aryl methyl sites for hydroxylation is 1. The molecule has 2 rings (SSSR count). The van der Waals surface area contributed by atoms with E-state index in [1.54, 1.807) is 0 Å². The van der Waals surface area contributed by atoms with Gasteiger partial charge in [-0.2, -0.15) is 0 Å². The quantitative estimate of drug-likeness (QED) is 0.838. The van der Waals surface area contributed by atoms with Crippen LogP contribution < -0.4 is 4.74 Å². The Morgan fingerprint density at radius 2 is 2.31 bits per heavy atom. The first kappa shape index (κ1) is 11.9. The van der Waals surface area contributed by atoms with Crippen LogP contribution in [-0.4, -0.2) is 12.9 Å². The van der Waals surface area contributed by atoms with Gasteiger partial charge in [0, 0.05) is 10.9 Å². The summed E-state index contributed by atoms with van der Waals surface area (Å²) >= 11 is 3.53. The molecule has 1 aromatic rings. The third kappa shape index (κ3) is 2.98. The summed E-state index contributed by atoms with van der Waals surface area (Å²) in [6, 6.07) is 6.11. The Hall–Kier alpha value is -0.540. The topological polar surface area (TPSA) is 18.5 Å². The highest BCUT2D eigenvalue weighted by atomic mass is 79.9. The minimum atomic E-state index is -0.0559. The smallest absolute Gasteiger partial charge is 0.199 e. The standard InChI is InChI=1S/C13H17BrO2/c1-2-10-9-11(6-7-12(10)14)16-13-5-3-4-8-15-13/h6-7,9,13H,2-5,8H2,1H3. The first-order valence-electron chi connectivity index (χ1n) is 5.86. The minimum Gasteiger partial charge on any atom is -0.465 e. The molecule has 1 heterocycles. The molecular weight excluding hydrogens is 268 g/mol. The molecule has 1 aromatic carbocycles. The molecule has 0 amide bonds. The summed E-state index contributed by atoms with van der Waals surface area (Å²) in [5.41, 5.74) is 1.27. The summed E-state index contributed by atoms with van der Waals surface area (Å²) in [6.07, 6.45) is 4.29. The van der Waals surface area contributed by atoms with Crippen molar-refractivity contribution in [3.63, 3.8) is 0 Å². The molecule has 1 fully saturated rings. The summed E-state index contributed by atoms with van der Waals surface area (Å²) in [6.45, 7) is 2.96. The van der Waals surface area contributed by atoms with E-state index in [2.05, 4.69) is 28.9 Å². The molecule has 2 nitrogen and oxygen atoms in total. The first-order chi connectivity index (χ1) is 7.79. The second-order valence-corrected chi connectivity index (χ2v) is 4.88. The van der Waals surface area contributed by atoms with Crippen LogP contribution in [0.2, 0.25) is 0 Å². The lowest BCUT2D eigenvalue weighted by Crippen LogP contribution is -2.24. The van der Waals surface area contributed by atoms with Gasteiger partial charge in [-0.1, -0.05) is 22.9 Å². The molecule has 0 radical (unpaired) electrons. The lowest BCUT2D eigenvalue weighted by molar-refractivity contribution is -0.105. The molecule has 1 atom stereocenters. The summed E-state index contributed by atoms with van der Waals surface area (Å²) in [4.78, 5) is 0. The number of ether oxygens (including phenoxy) is 2. The van der Waals surface area contributed by atoms with Crippen molar-refractivity contribution in [3.8, 4) is 5.75 Å². The lowest BCUT2D eigenvalue weighted by Gasteiger charge is -2.23. The van der Waals surface area contributed by atoms with Crippen molar-refractivity contribution in [3.05, 3.63) is 28.2 Å². The molecule has 0 saturated carbocycles. The fourth-order valence-electron chi connectivity index (χ4n) is 1.85. The molecule has 1 aliphatic rings. The van der Waals surface area contributed by atoms with Crippen LogP contribution in [0, 0.1) is 0 Å². The second-order valence-electron chi connectivity index (χ2n) is 4.02. The monoisotopic (exact) mass is 284 g/mol. The van der Waals surface area contributed by atoms with Crippen LogP contribution in [0.5, 0.6) is 5.75 Å². The maximum atomic E-state index is 5.81. The Balaban J connectivity index is 2.03. The van der Waals surface area contributed by atoms with Crippen LogP contribution in [0.15, 0.2) is 22.7 Å². The van der Waals surface area contributed by atoms with Gasteiger partial charge in [-0.25, -0.2) is 0 Å². The highest BCUT2D eigenvalue weighted by Gasteiger charge is 2.15. The van der Waals surface area contributed by atoms with E-state index in [0.29, 0.717) is 0 Å². The van der Waals surface area contributed by atoms with E-state index in [4.69, 9.17) is 9.47 Å². The van der Waals surface area contributed by atoms with Crippen LogP contribution in [0.3, 0.4) is 0 Å². The van der Waals surface area contributed by atoms with E-state index in [-0.39, 0.29) is 6.29 Å². The number of halogens is 1. The zero-order valence-electron chi connectivity index (χ0n) is 9.54. The van der Waals surface area contributed by atoms with E-state index in [1.165, 1.54) is 12.0 Å². The first-order valence-corrected chi connectivity index (χ1v) is 6.65. The Morgan fingerprint density at radius 1 is 1.44 bits per heavy atom. The van der Waals surface area contributed by atoms with Crippen LogP contribution >= 0.6 is 15.9 Å². The number of hydrogen-bond donors (Lipinski definition) is 0. The number of benzene rings is 1. The highest BCUT2D eigenvalue weighted by Crippen LogP contribution is 2.25. The molecule has 0 aliphatic carbocycles. The van der Waals surface area contributed by atoms with Crippen molar-refractivity contribution in [1.82, 2.24) is 0 Å². The highest BCUT2D eigenvalue weighted by molar-refractivity contribution is 9.10. The molecule has 16 heavy (non-hydrogen) atoms. The van der Waals surface area contributed by atoms with Gasteiger partial charge >= 0.3 is 0 Å². The van der Waals surface area contributed by atoms with Gasteiger partial charge in [-0.3, -0.25) is 0 Å². The fourth-order valence-corrected chi connectivity index (χ4v) is 2.38. The molecule has 0 aromatic heterocycles. The van der Waals surface area contributed by atoms with Crippen LogP contribution in [0.1, 0.15) is 31.7 Å². The van der Waals surface area contributed by atoms with Crippen molar-refractivity contribution in [2.24, 2.45) is 0 Å². The normalized spacial score (nSPS) is 20.8. The van der Waals surface area contributed by atoms with E-state index < -0.39 is 0 Å². The van der Waals surface area contributed by atoms with E-state index in [0.717, 1.165) is 36.1 Å². The van der Waals surface area contributed by atoms with Gasteiger partial charge in [-0.15, -0.1) is 0 Å². The van der Waals surface area contributed by atoms with E-state index in [9.17, 15) is 0 Å². The molecule has 0 spiro atoms. The Labute approximate surface area is 105 Å². The van der Waals surface area contributed by atoms with Crippen LogP contribution in [-0.2, 0) is 11.2 Å². The van der Waals surface area contributed by atoms with Crippen molar-refractivity contribution >= 4 is 15.9 Å². The minimum absolute atomic E-state index is 0.0559. The molecule has 1 unspecified atom stereocenters. The van der Waals surface area contributed by atoms with E-state index >= 15 is 0 Å². The van der Waals surface area contributed by atoms with Crippen LogP contribution in [0.4, 0.5) is 0 Å². The van der Waals surface area contributed by atoms with E-state index in [1.807, 2.05) is 12.1 Å². The Morgan fingerprint density at radius 3 is 3.00 bits per heavy atom. The van der Waals surface area contributed by atoms with Gasteiger partial charge in [0.25, 0.3) is 0 Å². The van der Waals surface area contributed by atoms with Crippen molar-refractivity contribution in [2.45, 2.75) is 38.9 Å². The fraction of sp³-hybridized carbons (Fsp3) is 0.538. The summed E-state index contributed by atoms with van der Waals surface area (Å²) in [5.74, 6) is 0.909. The molecule has 0 bridgehead atoms. The van der Waals surface area contributed by atoms with Gasteiger partial charge in [0.05, 0.1) is 6.61 Å². The SMILES string of the molecule is CCc1cc(OC2CCCCO2)ccc1Br.